The average Bonchev–Trinajstić information content (AvgIpc) is 2.14. The molecule has 1 aliphatic rings. The summed E-state index contributed by atoms with van der Waals surface area (Å²) in [6, 6.07) is 0. The van der Waals surface area contributed by atoms with Crippen LogP contribution in [-0.4, -0.2) is 9.02 Å². The van der Waals surface area contributed by atoms with E-state index in [2.05, 4.69) is 31.9 Å². The van der Waals surface area contributed by atoms with E-state index in [1.807, 2.05) is 0 Å². The number of carbonyl (C=O) groups is 1. The van der Waals surface area contributed by atoms with Gasteiger partial charge in [0, 0.05) is 12.8 Å². The molecule has 0 N–H and O–H groups in total. The minimum Gasteiger partial charge on any atom is -0.300 e. The molecule has 0 aromatic carbocycles. The highest BCUT2D eigenvalue weighted by Crippen LogP contribution is 2.37. The maximum absolute atomic E-state index is 11.4. The minimum absolute atomic E-state index is 0.156. The topological polar surface area (TPSA) is 17.1 Å². The highest BCUT2D eigenvalue weighted by atomic mass is 79.9. The van der Waals surface area contributed by atoms with Gasteiger partial charge in [-0.25, -0.2) is 0 Å². The van der Waals surface area contributed by atoms with E-state index in [1.54, 1.807) is 0 Å². The smallest absolute Gasteiger partial charge is 0.132 e. The summed E-state index contributed by atoms with van der Waals surface area (Å²) < 4.78 is 0.156. The number of carbonyl (C=O) groups excluding carboxylic acids is 1. The summed E-state index contributed by atoms with van der Waals surface area (Å²) in [4.78, 5) is 11.4. The highest BCUT2D eigenvalue weighted by Gasteiger charge is 2.21. The summed E-state index contributed by atoms with van der Waals surface area (Å²) in [7, 11) is 0. The average molecular weight is 340 g/mol. The first-order valence-electron chi connectivity index (χ1n) is 6.00. The second-order valence-electron chi connectivity index (χ2n) is 4.52. The standard InChI is InChI=1S/C12H20Br2O/c13-12(14)9-5-1-3-7-11(15)8-4-2-6-10-12/h1-10H2. The minimum atomic E-state index is 0.156. The van der Waals surface area contributed by atoms with Gasteiger partial charge in [-0.1, -0.05) is 57.5 Å². The van der Waals surface area contributed by atoms with Crippen molar-refractivity contribution in [3.8, 4) is 0 Å². The van der Waals surface area contributed by atoms with Gasteiger partial charge in [0.15, 0.2) is 0 Å². The molecule has 0 aromatic heterocycles. The number of hydrogen-bond donors (Lipinski definition) is 0. The summed E-state index contributed by atoms with van der Waals surface area (Å²) in [5.41, 5.74) is 0. The van der Waals surface area contributed by atoms with Gasteiger partial charge in [0.1, 0.15) is 5.78 Å². The van der Waals surface area contributed by atoms with Crippen molar-refractivity contribution >= 4 is 37.6 Å². The van der Waals surface area contributed by atoms with Crippen molar-refractivity contribution in [3.63, 3.8) is 0 Å². The number of halogens is 2. The Hall–Kier alpha value is 0.630. The van der Waals surface area contributed by atoms with Gasteiger partial charge in [-0.05, 0) is 25.7 Å². The van der Waals surface area contributed by atoms with E-state index in [0.29, 0.717) is 5.78 Å². The molecular formula is C12H20Br2O. The van der Waals surface area contributed by atoms with Crippen molar-refractivity contribution < 1.29 is 4.79 Å². The van der Waals surface area contributed by atoms with Crippen molar-refractivity contribution in [3.05, 3.63) is 0 Å². The zero-order valence-electron chi connectivity index (χ0n) is 9.24. The Balaban J connectivity index is 2.33. The third-order valence-electron chi connectivity index (χ3n) is 3.00. The third-order valence-corrected chi connectivity index (χ3v) is 4.58. The highest BCUT2D eigenvalue weighted by molar-refractivity contribution is 9.25. The predicted molar refractivity (Wildman–Crippen MR) is 71.8 cm³/mol. The SMILES string of the molecule is O=C1CCCCCC(Br)(Br)CCCCC1. The predicted octanol–water partition coefficient (Wildman–Crippen LogP) is 4.96. The second-order valence-corrected chi connectivity index (χ2v) is 8.62. The molecule has 1 fully saturated rings. The van der Waals surface area contributed by atoms with Crippen LogP contribution < -0.4 is 0 Å². The van der Waals surface area contributed by atoms with E-state index >= 15 is 0 Å². The second kappa shape index (κ2) is 7.05. The fourth-order valence-corrected chi connectivity index (χ4v) is 3.14. The van der Waals surface area contributed by atoms with Crippen LogP contribution in [-0.2, 0) is 4.79 Å². The van der Waals surface area contributed by atoms with Crippen molar-refractivity contribution in [1.82, 2.24) is 0 Å². The Labute approximate surface area is 110 Å². The summed E-state index contributed by atoms with van der Waals surface area (Å²) in [6.07, 6.45) is 10.9. The number of hydrogen-bond acceptors (Lipinski definition) is 1. The number of ketones is 1. The van der Waals surface area contributed by atoms with Gasteiger partial charge in [-0.2, -0.15) is 0 Å². The lowest BCUT2D eigenvalue weighted by atomic mass is 10.0. The summed E-state index contributed by atoms with van der Waals surface area (Å²) in [5, 5.41) is 0. The van der Waals surface area contributed by atoms with Gasteiger partial charge in [0.2, 0.25) is 0 Å². The normalized spacial score (nSPS) is 25.3. The Bertz CT molecular complexity index is 184. The molecule has 15 heavy (non-hydrogen) atoms. The molecule has 0 amide bonds. The molecule has 0 atom stereocenters. The molecule has 3 heteroatoms. The van der Waals surface area contributed by atoms with Gasteiger partial charge in [-0.15, -0.1) is 0 Å². The van der Waals surface area contributed by atoms with Crippen LogP contribution in [0.4, 0.5) is 0 Å². The van der Waals surface area contributed by atoms with Gasteiger partial charge in [-0.3, -0.25) is 4.79 Å². The Morgan fingerprint density at radius 3 is 1.73 bits per heavy atom. The van der Waals surface area contributed by atoms with Crippen LogP contribution in [0.1, 0.15) is 64.2 Å². The molecule has 1 nitrogen and oxygen atoms in total. The molecule has 88 valence electrons. The first-order valence-corrected chi connectivity index (χ1v) is 7.58. The number of Topliss-reactive ketones (excluding diaryl/α,β-unsaturated/α-hetero) is 1. The molecule has 0 heterocycles. The van der Waals surface area contributed by atoms with E-state index in [1.165, 1.54) is 38.5 Å². The van der Waals surface area contributed by atoms with Crippen molar-refractivity contribution in [2.24, 2.45) is 0 Å². The van der Waals surface area contributed by atoms with Crippen LogP contribution >= 0.6 is 31.9 Å². The van der Waals surface area contributed by atoms with Crippen LogP contribution in [0, 0.1) is 0 Å². The van der Waals surface area contributed by atoms with E-state index in [4.69, 9.17) is 0 Å². The molecule has 0 radical (unpaired) electrons. The fraction of sp³-hybridized carbons (Fsp3) is 0.917. The largest absolute Gasteiger partial charge is 0.300 e. The quantitative estimate of drug-likeness (QED) is 0.570. The molecule has 1 aliphatic carbocycles. The van der Waals surface area contributed by atoms with Crippen LogP contribution in [0.2, 0.25) is 0 Å². The van der Waals surface area contributed by atoms with E-state index in [0.717, 1.165) is 25.7 Å². The first-order chi connectivity index (χ1) is 7.10. The van der Waals surface area contributed by atoms with E-state index < -0.39 is 0 Å². The summed E-state index contributed by atoms with van der Waals surface area (Å²) in [5.74, 6) is 0.472. The molecular weight excluding hydrogens is 320 g/mol. The zero-order chi connectivity index (χ0) is 11.1. The lowest BCUT2D eigenvalue weighted by Crippen LogP contribution is -2.11. The summed E-state index contributed by atoms with van der Waals surface area (Å²) >= 11 is 7.49. The Morgan fingerprint density at radius 2 is 1.27 bits per heavy atom. The lowest BCUT2D eigenvalue weighted by Gasteiger charge is -2.20. The molecule has 0 spiro atoms. The van der Waals surface area contributed by atoms with Gasteiger partial charge >= 0.3 is 0 Å². The van der Waals surface area contributed by atoms with Gasteiger partial charge < -0.3 is 0 Å². The van der Waals surface area contributed by atoms with Crippen molar-refractivity contribution in [1.29, 1.82) is 0 Å². The number of alkyl halides is 2. The van der Waals surface area contributed by atoms with Crippen LogP contribution in [0.5, 0.6) is 0 Å². The monoisotopic (exact) mass is 338 g/mol. The molecule has 0 aromatic rings. The molecule has 0 saturated heterocycles. The zero-order valence-corrected chi connectivity index (χ0v) is 12.4. The maximum Gasteiger partial charge on any atom is 0.132 e. The van der Waals surface area contributed by atoms with Crippen LogP contribution in [0.25, 0.3) is 0 Å². The van der Waals surface area contributed by atoms with Crippen molar-refractivity contribution in [2.75, 3.05) is 0 Å². The summed E-state index contributed by atoms with van der Waals surface area (Å²) in [6.45, 7) is 0. The first kappa shape index (κ1) is 13.7. The van der Waals surface area contributed by atoms with E-state index in [-0.39, 0.29) is 3.23 Å². The molecule has 1 saturated carbocycles. The Kier molecular flexibility index (Phi) is 6.44. The van der Waals surface area contributed by atoms with Crippen molar-refractivity contribution in [2.45, 2.75) is 67.4 Å². The molecule has 0 aliphatic heterocycles. The molecule has 1 rings (SSSR count). The molecule has 0 unspecified atom stereocenters. The van der Waals surface area contributed by atoms with E-state index in [9.17, 15) is 4.79 Å². The fourth-order valence-electron chi connectivity index (χ4n) is 2.02. The van der Waals surface area contributed by atoms with Crippen LogP contribution in [0.3, 0.4) is 0 Å². The lowest BCUT2D eigenvalue weighted by molar-refractivity contribution is -0.119. The Morgan fingerprint density at radius 1 is 0.800 bits per heavy atom. The number of rotatable bonds is 0. The maximum atomic E-state index is 11.4. The van der Waals surface area contributed by atoms with Gasteiger partial charge in [0.05, 0.1) is 3.23 Å². The van der Waals surface area contributed by atoms with Crippen LogP contribution in [0.15, 0.2) is 0 Å². The van der Waals surface area contributed by atoms with Gasteiger partial charge in [0.25, 0.3) is 0 Å². The molecule has 0 bridgehead atoms. The third kappa shape index (κ3) is 6.72.